The molecule has 2 aliphatic heterocycles. The van der Waals surface area contributed by atoms with Gasteiger partial charge >= 0.3 is 0 Å². The van der Waals surface area contributed by atoms with E-state index in [-0.39, 0.29) is 6.23 Å². The summed E-state index contributed by atoms with van der Waals surface area (Å²) in [6.07, 6.45) is 0.575. The van der Waals surface area contributed by atoms with Crippen molar-refractivity contribution in [2.45, 2.75) is 25.4 Å². The predicted octanol–water partition coefficient (Wildman–Crippen LogP) is 2.30. The third-order valence-electron chi connectivity index (χ3n) is 5.00. The number of benzene rings is 2. The summed E-state index contributed by atoms with van der Waals surface area (Å²) < 4.78 is 17.1. The van der Waals surface area contributed by atoms with E-state index < -0.39 is 6.23 Å². The number of rotatable bonds is 8. The Balaban J connectivity index is 1.44. The number of carbonyl (C=O) groups excluding carboxylic acids is 1. The van der Waals surface area contributed by atoms with E-state index in [0.29, 0.717) is 5.90 Å². The number of aldehydes is 1. The zero-order valence-electron chi connectivity index (χ0n) is 17.4. The molecule has 0 aliphatic carbocycles. The van der Waals surface area contributed by atoms with Crippen molar-refractivity contribution in [2.75, 3.05) is 27.7 Å². The van der Waals surface area contributed by atoms with Gasteiger partial charge in [0.1, 0.15) is 11.5 Å². The van der Waals surface area contributed by atoms with Crippen molar-refractivity contribution in [3.63, 3.8) is 0 Å². The Labute approximate surface area is 176 Å². The Kier molecular flexibility index (Phi) is 5.87. The van der Waals surface area contributed by atoms with E-state index in [2.05, 4.69) is 22.1 Å². The molecule has 158 valence electrons. The lowest BCUT2D eigenvalue weighted by Gasteiger charge is -2.44. The molecule has 2 aromatic carbocycles. The maximum absolute atomic E-state index is 11.6. The summed E-state index contributed by atoms with van der Waals surface area (Å²) in [5.41, 5.74) is 2.00. The minimum Gasteiger partial charge on any atom is -0.497 e. The molecule has 2 aromatic rings. The quantitative estimate of drug-likeness (QED) is 0.619. The van der Waals surface area contributed by atoms with Crippen LogP contribution in [-0.4, -0.2) is 67.4 Å². The Morgan fingerprint density at radius 1 is 1.13 bits per heavy atom. The highest BCUT2D eigenvalue weighted by atomic mass is 16.6. The Bertz CT molecular complexity index is 898. The fraction of sp³-hybridized carbons (Fsp3) is 0.364. The maximum Gasteiger partial charge on any atom is 0.260 e. The number of carbonyl (C=O) groups is 1. The third-order valence-corrected chi connectivity index (χ3v) is 5.00. The molecule has 4 rings (SSSR count). The molecule has 0 amide bonds. The number of ether oxygens (including phenoxy) is 3. The first-order chi connectivity index (χ1) is 14.6. The number of hydrazone groups is 1. The Morgan fingerprint density at radius 2 is 1.83 bits per heavy atom. The molecule has 1 saturated heterocycles. The number of nitrogens with zero attached hydrogens (tertiary/aromatic N) is 4. The Hall–Kier alpha value is -3.10. The first kappa shape index (κ1) is 20.2. The molecule has 0 aromatic heterocycles. The number of hydrogen-bond donors (Lipinski definition) is 0. The molecule has 2 aliphatic rings. The molecule has 1 fully saturated rings. The second kappa shape index (κ2) is 8.73. The second-order valence-electron chi connectivity index (χ2n) is 7.50. The van der Waals surface area contributed by atoms with Crippen LogP contribution in [0.5, 0.6) is 11.5 Å². The summed E-state index contributed by atoms with van der Waals surface area (Å²) in [4.78, 5) is 13.7. The summed E-state index contributed by atoms with van der Waals surface area (Å²) in [5, 5.41) is 8.00. The highest BCUT2D eigenvalue weighted by Gasteiger charge is 2.42. The molecule has 0 spiro atoms. The molecule has 2 atom stereocenters. The van der Waals surface area contributed by atoms with E-state index in [1.165, 1.54) is 5.56 Å². The standard InChI is InChI=1S/C22H26N4O4/c1-24(2)14-16-4-8-19(9-5-16)29-20-12-13-25(20)26-21(15-27)30-22(23-26)17-6-10-18(28-3)11-7-17/h4-11,15,20-21H,12-14H2,1-3H3. The lowest BCUT2D eigenvalue weighted by atomic mass is 10.2. The summed E-state index contributed by atoms with van der Waals surface area (Å²) in [6, 6.07) is 15.4. The summed E-state index contributed by atoms with van der Waals surface area (Å²) in [5.74, 6) is 1.93. The second-order valence-corrected chi connectivity index (χ2v) is 7.50. The molecule has 8 nitrogen and oxygen atoms in total. The van der Waals surface area contributed by atoms with Crippen LogP contribution in [0.4, 0.5) is 0 Å². The normalized spacial score (nSPS) is 21.1. The van der Waals surface area contributed by atoms with Gasteiger partial charge in [0, 0.05) is 25.1 Å². The summed E-state index contributed by atoms with van der Waals surface area (Å²) in [6.45, 7) is 1.61. The van der Waals surface area contributed by atoms with Crippen molar-refractivity contribution in [1.82, 2.24) is 15.0 Å². The van der Waals surface area contributed by atoms with Gasteiger partial charge in [0.2, 0.25) is 5.90 Å². The van der Waals surface area contributed by atoms with Crippen LogP contribution in [0.1, 0.15) is 17.5 Å². The van der Waals surface area contributed by atoms with Crippen LogP contribution in [0, 0.1) is 0 Å². The monoisotopic (exact) mass is 410 g/mol. The highest BCUT2D eigenvalue weighted by Crippen LogP contribution is 2.29. The van der Waals surface area contributed by atoms with Gasteiger partial charge in [0.05, 0.1) is 7.11 Å². The van der Waals surface area contributed by atoms with Crippen molar-refractivity contribution in [3.8, 4) is 11.5 Å². The molecule has 2 unspecified atom stereocenters. The molecule has 8 heteroatoms. The zero-order valence-corrected chi connectivity index (χ0v) is 17.4. The van der Waals surface area contributed by atoms with Crippen molar-refractivity contribution in [1.29, 1.82) is 0 Å². The summed E-state index contributed by atoms with van der Waals surface area (Å²) in [7, 11) is 5.69. The van der Waals surface area contributed by atoms with E-state index >= 15 is 0 Å². The maximum atomic E-state index is 11.6. The minimum atomic E-state index is -0.809. The zero-order chi connectivity index (χ0) is 21.1. The van der Waals surface area contributed by atoms with Gasteiger partial charge in [0.15, 0.2) is 12.5 Å². The van der Waals surface area contributed by atoms with E-state index in [9.17, 15) is 4.79 Å². The van der Waals surface area contributed by atoms with Crippen molar-refractivity contribution >= 4 is 12.2 Å². The minimum absolute atomic E-state index is 0.199. The predicted molar refractivity (Wildman–Crippen MR) is 112 cm³/mol. The Morgan fingerprint density at radius 3 is 2.40 bits per heavy atom. The number of hydrogen-bond acceptors (Lipinski definition) is 8. The van der Waals surface area contributed by atoms with E-state index in [1.54, 1.807) is 12.2 Å². The van der Waals surface area contributed by atoms with Crippen LogP contribution < -0.4 is 9.47 Å². The average Bonchev–Trinajstić information content (AvgIpc) is 3.15. The lowest BCUT2D eigenvalue weighted by molar-refractivity contribution is -0.218. The molecule has 0 saturated carbocycles. The van der Waals surface area contributed by atoms with Gasteiger partial charge in [-0.2, -0.15) is 10.1 Å². The van der Waals surface area contributed by atoms with Gasteiger partial charge in [-0.1, -0.05) is 12.1 Å². The molecular weight excluding hydrogens is 384 g/mol. The van der Waals surface area contributed by atoms with Crippen LogP contribution in [-0.2, 0) is 16.1 Å². The number of methoxy groups -OCH3 is 1. The van der Waals surface area contributed by atoms with Gasteiger partial charge < -0.3 is 19.1 Å². The van der Waals surface area contributed by atoms with E-state index in [1.807, 2.05) is 55.5 Å². The lowest BCUT2D eigenvalue weighted by Crippen LogP contribution is -2.60. The fourth-order valence-corrected chi connectivity index (χ4v) is 3.38. The molecule has 0 N–H and O–H groups in total. The summed E-state index contributed by atoms with van der Waals surface area (Å²) >= 11 is 0. The van der Waals surface area contributed by atoms with Crippen LogP contribution in [0.2, 0.25) is 0 Å². The van der Waals surface area contributed by atoms with Gasteiger partial charge in [-0.15, -0.1) is 5.10 Å². The molecule has 0 radical (unpaired) electrons. The van der Waals surface area contributed by atoms with Crippen molar-refractivity contribution in [2.24, 2.45) is 5.10 Å². The topological polar surface area (TPSA) is 66.8 Å². The van der Waals surface area contributed by atoms with Crippen LogP contribution in [0.15, 0.2) is 53.6 Å². The molecule has 0 bridgehead atoms. The van der Waals surface area contributed by atoms with E-state index in [0.717, 1.165) is 42.9 Å². The van der Waals surface area contributed by atoms with Crippen molar-refractivity contribution in [3.05, 3.63) is 59.7 Å². The molecule has 2 heterocycles. The van der Waals surface area contributed by atoms with Crippen molar-refractivity contribution < 1.29 is 19.0 Å². The van der Waals surface area contributed by atoms with Crippen LogP contribution >= 0.6 is 0 Å². The van der Waals surface area contributed by atoms with Gasteiger partial charge in [-0.3, -0.25) is 4.79 Å². The SMILES string of the molecule is COc1ccc(C2=NN(N3CCC3Oc3ccc(CN(C)C)cc3)C(C=O)O2)cc1. The largest absolute Gasteiger partial charge is 0.497 e. The smallest absolute Gasteiger partial charge is 0.260 e. The van der Waals surface area contributed by atoms with Gasteiger partial charge in [0.25, 0.3) is 6.23 Å². The van der Waals surface area contributed by atoms with Crippen LogP contribution in [0.3, 0.4) is 0 Å². The first-order valence-corrected chi connectivity index (χ1v) is 9.88. The first-order valence-electron chi connectivity index (χ1n) is 9.88. The van der Waals surface area contributed by atoms with Gasteiger partial charge in [-0.05, 0) is 56.1 Å². The highest BCUT2D eigenvalue weighted by molar-refractivity contribution is 5.95. The van der Waals surface area contributed by atoms with E-state index in [4.69, 9.17) is 14.2 Å². The molecular formula is C22H26N4O4. The average molecular weight is 410 g/mol. The fourth-order valence-electron chi connectivity index (χ4n) is 3.38. The molecule has 30 heavy (non-hydrogen) atoms. The number of hydrazine groups is 1. The third kappa shape index (κ3) is 4.24. The van der Waals surface area contributed by atoms with Crippen LogP contribution in [0.25, 0.3) is 0 Å². The van der Waals surface area contributed by atoms with Gasteiger partial charge in [-0.25, -0.2) is 0 Å².